The average Bonchev–Trinajstić information content (AvgIpc) is 2.95. The standard InChI is InChI=1S/C20H27N3O.HI/c1-21-20(23-17-10-13-7-9-18(17)24-13)22-11-16-15-8-6-12-4-2-3-5-14(12)19(15)16;/h2-5,13,15-19H,6-11H2,1H3,(H2,21,22,23);1H. The second-order valence-corrected chi connectivity index (χ2v) is 7.90. The maximum absolute atomic E-state index is 5.94. The predicted octanol–water partition coefficient (Wildman–Crippen LogP) is 3.07. The maximum Gasteiger partial charge on any atom is 0.191 e. The summed E-state index contributed by atoms with van der Waals surface area (Å²) in [7, 11) is 1.87. The molecule has 6 unspecified atom stereocenters. The van der Waals surface area contributed by atoms with Gasteiger partial charge in [-0.15, -0.1) is 24.0 Å². The lowest BCUT2D eigenvalue weighted by Gasteiger charge is -2.22. The molecule has 6 atom stereocenters. The van der Waals surface area contributed by atoms with Crippen LogP contribution in [0.1, 0.15) is 42.7 Å². The first-order chi connectivity index (χ1) is 11.8. The molecule has 2 aliphatic heterocycles. The topological polar surface area (TPSA) is 45.7 Å². The maximum atomic E-state index is 5.94. The van der Waals surface area contributed by atoms with Crippen molar-refractivity contribution in [3.63, 3.8) is 0 Å². The zero-order valence-electron chi connectivity index (χ0n) is 14.8. The van der Waals surface area contributed by atoms with Crippen molar-refractivity contribution < 1.29 is 4.74 Å². The SMILES string of the molecule is CN=C(NCC1C2CCc3ccccc3C21)NC1CC2CCC1O2.I. The molecule has 2 heterocycles. The third-order valence-electron chi connectivity index (χ3n) is 6.65. The molecule has 4 aliphatic rings. The van der Waals surface area contributed by atoms with Gasteiger partial charge >= 0.3 is 0 Å². The molecular weight excluding hydrogens is 425 g/mol. The van der Waals surface area contributed by atoms with Crippen molar-refractivity contribution in [1.29, 1.82) is 0 Å². The number of nitrogens with one attached hydrogen (secondary N) is 2. The Morgan fingerprint density at radius 2 is 2.12 bits per heavy atom. The lowest BCUT2D eigenvalue weighted by atomic mass is 9.92. The molecule has 25 heavy (non-hydrogen) atoms. The fourth-order valence-electron chi connectivity index (χ4n) is 5.36. The quantitative estimate of drug-likeness (QED) is 0.420. The third-order valence-corrected chi connectivity index (χ3v) is 6.65. The van der Waals surface area contributed by atoms with Crippen molar-refractivity contribution in [1.82, 2.24) is 10.6 Å². The van der Waals surface area contributed by atoms with E-state index in [1.807, 2.05) is 7.05 Å². The number of nitrogens with zero attached hydrogens (tertiary/aromatic N) is 1. The summed E-state index contributed by atoms with van der Waals surface area (Å²) in [4.78, 5) is 4.44. The molecule has 0 spiro atoms. The lowest BCUT2D eigenvalue weighted by molar-refractivity contribution is 0.0992. The highest BCUT2D eigenvalue weighted by atomic mass is 127. The number of halogens is 1. The Kier molecular flexibility index (Phi) is 4.97. The van der Waals surface area contributed by atoms with E-state index in [4.69, 9.17) is 4.74 Å². The predicted molar refractivity (Wildman–Crippen MR) is 111 cm³/mol. The van der Waals surface area contributed by atoms with Crippen LogP contribution in [-0.2, 0) is 11.2 Å². The van der Waals surface area contributed by atoms with Crippen molar-refractivity contribution in [3.05, 3.63) is 35.4 Å². The molecule has 5 heteroatoms. The Balaban J connectivity index is 0.00000157. The molecule has 0 amide bonds. The summed E-state index contributed by atoms with van der Waals surface area (Å²) in [5.41, 5.74) is 3.17. The first-order valence-electron chi connectivity index (χ1n) is 9.54. The second kappa shape index (κ2) is 7.06. The van der Waals surface area contributed by atoms with E-state index in [9.17, 15) is 0 Å². The fraction of sp³-hybridized carbons (Fsp3) is 0.650. The van der Waals surface area contributed by atoms with Crippen LogP contribution in [0.25, 0.3) is 0 Å². The van der Waals surface area contributed by atoms with Crippen LogP contribution in [0, 0.1) is 11.8 Å². The molecule has 2 saturated heterocycles. The van der Waals surface area contributed by atoms with Crippen molar-refractivity contribution in [2.24, 2.45) is 16.8 Å². The van der Waals surface area contributed by atoms with E-state index < -0.39 is 0 Å². The molecule has 1 aromatic carbocycles. The van der Waals surface area contributed by atoms with Crippen molar-refractivity contribution in [2.45, 2.75) is 56.3 Å². The van der Waals surface area contributed by atoms with Crippen molar-refractivity contribution in [3.8, 4) is 0 Å². The Bertz CT molecular complexity index is 664. The van der Waals surface area contributed by atoms with Gasteiger partial charge in [0.25, 0.3) is 0 Å². The van der Waals surface area contributed by atoms with Gasteiger partial charge in [-0.05, 0) is 61.0 Å². The zero-order valence-corrected chi connectivity index (χ0v) is 17.1. The molecule has 2 bridgehead atoms. The number of hydrogen-bond acceptors (Lipinski definition) is 2. The highest BCUT2D eigenvalue weighted by molar-refractivity contribution is 14.0. The van der Waals surface area contributed by atoms with Crippen LogP contribution < -0.4 is 10.6 Å². The molecule has 4 nitrogen and oxygen atoms in total. The Labute approximate surface area is 167 Å². The smallest absolute Gasteiger partial charge is 0.191 e. The van der Waals surface area contributed by atoms with Gasteiger partial charge in [0.05, 0.1) is 18.2 Å². The van der Waals surface area contributed by atoms with E-state index >= 15 is 0 Å². The highest BCUT2D eigenvalue weighted by Crippen LogP contribution is 2.59. The van der Waals surface area contributed by atoms with E-state index in [1.165, 1.54) is 25.7 Å². The summed E-state index contributed by atoms with van der Waals surface area (Å²) in [6, 6.07) is 9.46. The van der Waals surface area contributed by atoms with Crippen molar-refractivity contribution >= 4 is 29.9 Å². The van der Waals surface area contributed by atoms with E-state index in [0.29, 0.717) is 18.2 Å². The number of fused-ring (bicyclic) bond motifs is 5. The lowest BCUT2D eigenvalue weighted by Crippen LogP contribution is -2.47. The first-order valence-corrected chi connectivity index (χ1v) is 9.54. The van der Waals surface area contributed by atoms with E-state index in [1.54, 1.807) is 11.1 Å². The summed E-state index contributed by atoms with van der Waals surface area (Å²) in [5.74, 6) is 3.36. The molecule has 5 rings (SSSR count). The fourth-order valence-corrected chi connectivity index (χ4v) is 5.36. The van der Waals surface area contributed by atoms with Crippen LogP contribution in [0.3, 0.4) is 0 Å². The van der Waals surface area contributed by atoms with Gasteiger partial charge in [0.1, 0.15) is 0 Å². The molecule has 2 aliphatic carbocycles. The van der Waals surface area contributed by atoms with Crippen LogP contribution in [0.15, 0.2) is 29.3 Å². The molecule has 0 radical (unpaired) electrons. The van der Waals surface area contributed by atoms with Gasteiger partial charge < -0.3 is 15.4 Å². The van der Waals surface area contributed by atoms with E-state index in [0.717, 1.165) is 36.7 Å². The number of ether oxygens (including phenoxy) is 1. The van der Waals surface area contributed by atoms with Crippen LogP contribution in [-0.4, -0.2) is 37.8 Å². The number of benzene rings is 1. The summed E-state index contributed by atoms with van der Waals surface area (Å²) < 4.78 is 5.94. The zero-order chi connectivity index (χ0) is 16.1. The molecule has 1 saturated carbocycles. The minimum absolute atomic E-state index is 0. The van der Waals surface area contributed by atoms with Crippen molar-refractivity contribution in [2.75, 3.05) is 13.6 Å². The second-order valence-electron chi connectivity index (χ2n) is 7.90. The third kappa shape index (κ3) is 3.18. The summed E-state index contributed by atoms with van der Waals surface area (Å²) in [6.07, 6.45) is 7.04. The van der Waals surface area contributed by atoms with Crippen LogP contribution in [0.5, 0.6) is 0 Å². The van der Waals surface area contributed by atoms with E-state index in [-0.39, 0.29) is 24.0 Å². The number of rotatable bonds is 3. The van der Waals surface area contributed by atoms with Gasteiger partial charge in [0.2, 0.25) is 0 Å². The first kappa shape index (κ1) is 17.6. The summed E-state index contributed by atoms with van der Waals surface area (Å²) in [5, 5.41) is 7.18. The van der Waals surface area contributed by atoms with Gasteiger partial charge in [-0.3, -0.25) is 4.99 Å². The van der Waals surface area contributed by atoms with Crippen LogP contribution in [0.4, 0.5) is 0 Å². The molecule has 136 valence electrons. The van der Waals surface area contributed by atoms with Gasteiger partial charge in [-0.2, -0.15) is 0 Å². The average molecular weight is 453 g/mol. The normalized spacial score (nSPS) is 37.7. The van der Waals surface area contributed by atoms with Gasteiger partial charge in [0.15, 0.2) is 5.96 Å². The molecular formula is C20H28IN3O. The van der Waals surface area contributed by atoms with Crippen LogP contribution in [0.2, 0.25) is 0 Å². The highest BCUT2D eigenvalue weighted by Gasteiger charge is 2.52. The minimum Gasteiger partial charge on any atom is -0.373 e. The monoisotopic (exact) mass is 453 g/mol. The largest absolute Gasteiger partial charge is 0.373 e. The number of aliphatic imine (C=N–C) groups is 1. The number of hydrogen-bond donors (Lipinski definition) is 2. The Morgan fingerprint density at radius 3 is 2.88 bits per heavy atom. The Hall–Kier alpha value is -0.820. The molecule has 2 N–H and O–H groups in total. The van der Waals surface area contributed by atoms with E-state index in [2.05, 4.69) is 39.9 Å². The summed E-state index contributed by atoms with van der Waals surface area (Å²) >= 11 is 0. The van der Waals surface area contributed by atoms with Crippen LogP contribution >= 0.6 is 24.0 Å². The molecule has 0 aromatic heterocycles. The Morgan fingerprint density at radius 1 is 1.24 bits per heavy atom. The van der Waals surface area contributed by atoms with Gasteiger partial charge in [-0.1, -0.05) is 24.3 Å². The number of aryl methyl sites for hydroxylation is 1. The molecule has 3 fully saturated rings. The number of guanidine groups is 1. The van der Waals surface area contributed by atoms with Gasteiger partial charge in [0, 0.05) is 13.6 Å². The summed E-state index contributed by atoms with van der Waals surface area (Å²) in [6.45, 7) is 1.03. The van der Waals surface area contributed by atoms with Gasteiger partial charge in [-0.25, -0.2) is 0 Å². The minimum atomic E-state index is 0. The molecule has 1 aromatic rings.